The molecule has 3 aromatic rings. The Morgan fingerprint density at radius 3 is 2.30 bits per heavy atom. The second-order valence-electron chi connectivity index (χ2n) is 9.98. The average molecular weight is 544 g/mol. The second-order valence-corrected chi connectivity index (χ2v) is 9.98. The summed E-state index contributed by atoms with van der Waals surface area (Å²) >= 11 is 0. The lowest BCUT2D eigenvalue weighted by atomic mass is 9.93. The Hall–Kier alpha value is -4.37. The van der Waals surface area contributed by atoms with E-state index in [1.165, 1.54) is 5.01 Å². The lowest BCUT2D eigenvalue weighted by Gasteiger charge is -2.22. The summed E-state index contributed by atoms with van der Waals surface area (Å²) in [5.74, 6) is 1.12. The molecule has 1 heterocycles. The minimum Gasteiger partial charge on any atom is -0.493 e. The number of likely N-dealkylation sites (N-methyl/N-ethyl adjacent to an activating group) is 1. The van der Waals surface area contributed by atoms with Gasteiger partial charge in [-0.25, -0.2) is 9.80 Å². The van der Waals surface area contributed by atoms with Gasteiger partial charge in [0.2, 0.25) is 0 Å². The number of carbonyl (C=O) groups excluding carboxylic acids is 2. The molecule has 9 nitrogen and oxygen atoms in total. The molecule has 3 aromatic carbocycles. The molecule has 1 unspecified atom stereocenters. The van der Waals surface area contributed by atoms with Gasteiger partial charge >= 0.3 is 6.03 Å². The van der Waals surface area contributed by atoms with Crippen LogP contribution in [0.4, 0.5) is 4.79 Å². The van der Waals surface area contributed by atoms with Crippen LogP contribution in [0.25, 0.3) is 11.1 Å². The standard InChI is InChI=1S/C31H37N5O4/c1-20-16-25-18-27(39-5)28(40-6)19-26(25)29(34-36(20)31(38)32-2)22-12-10-21(11-13-22)23-8-7-9-24(17-23)30(37)33-14-15-35(3)4/h7-13,17-20H,14-16H2,1-6H3,(H,32,38)(H,33,37). The van der Waals surface area contributed by atoms with Crippen LogP contribution in [-0.4, -0.2) is 82.1 Å². The van der Waals surface area contributed by atoms with Gasteiger partial charge in [0.15, 0.2) is 11.5 Å². The van der Waals surface area contributed by atoms with E-state index in [1.54, 1.807) is 21.3 Å². The Morgan fingerprint density at radius 2 is 1.65 bits per heavy atom. The Bertz CT molecular complexity index is 1400. The summed E-state index contributed by atoms with van der Waals surface area (Å²) in [5, 5.41) is 12.0. The first kappa shape index (κ1) is 28.6. The van der Waals surface area contributed by atoms with Crippen molar-refractivity contribution in [1.82, 2.24) is 20.5 Å². The topological polar surface area (TPSA) is 95.5 Å². The fraction of sp³-hybridized carbons (Fsp3) is 0.323. The van der Waals surface area contributed by atoms with Gasteiger partial charge in [0.1, 0.15) is 0 Å². The number of hydrogen-bond donors (Lipinski definition) is 2. The minimum atomic E-state index is -0.283. The number of hydrogen-bond acceptors (Lipinski definition) is 6. The van der Waals surface area contributed by atoms with Crippen LogP contribution in [0.2, 0.25) is 0 Å². The lowest BCUT2D eigenvalue weighted by molar-refractivity contribution is 0.0951. The highest BCUT2D eigenvalue weighted by molar-refractivity contribution is 6.14. The van der Waals surface area contributed by atoms with Crippen LogP contribution in [0.5, 0.6) is 11.5 Å². The normalized spacial score (nSPS) is 14.6. The van der Waals surface area contributed by atoms with Crippen molar-refractivity contribution < 1.29 is 19.1 Å². The number of rotatable bonds is 8. The Labute approximate surface area is 235 Å². The van der Waals surface area contributed by atoms with Gasteiger partial charge in [-0.2, -0.15) is 5.10 Å². The minimum absolute atomic E-state index is 0.0995. The third kappa shape index (κ3) is 6.26. The predicted molar refractivity (Wildman–Crippen MR) is 157 cm³/mol. The number of amides is 3. The fourth-order valence-corrected chi connectivity index (χ4v) is 4.70. The van der Waals surface area contributed by atoms with E-state index in [-0.39, 0.29) is 18.0 Å². The number of urea groups is 1. The zero-order chi connectivity index (χ0) is 28.8. The van der Waals surface area contributed by atoms with E-state index in [0.29, 0.717) is 35.7 Å². The predicted octanol–water partition coefficient (Wildman–Crippen LogP) is 4.00. The first-order chi connectivity index (χ1) is 19.2. The molecular formula is C31H37N5O4. The quantitative estimate of drug-likeness (QED) is 0.448. The Morgan fingerprint density at radius 1 is 0.975 bits per heavy atom. The lowest BCUT2D eigenvalue weighted by Crippen LogP contribution is -2.41. The molecule has 0 bridgehead atoms. The van der Waals surface area contributed by atoms with E-state index < -0.39 is 0 Å². The highest BCUT2D eigenvalue weighted by Gasteiger charge is 2.28. The largest absolute Gasteiger partial charge is 0.493 e. The number of ether oxygens (including phenoxy) is 2. The summed E-state index contributed by atoms with van der Waals surface area (Å²) < 4.78 is 11.1. The van der Waals surface area contributed by atoms with Crippen LogP contribution in [-0.2, 0) is 6.42 Å². The third-order valence-electron chi connectivity index (χ3n) is 6.89. The number of carbonyl (C=O) groups is 2. The molecule has 210 valence electrons. The molecule has 1 aliphatic heterocycles. The molecule has 1 atom stereocenters. The zero-order valence-electron chi connectivity index (χ0n) is 23.9. The van der Waals surface area contributed by atoms with Crippen LogP contribution in [0, 0.1) is 0 Å². The van der Waals surface area contributed by atoms with Crippen molar-refractivity contribution in [3.8, 4) is 22.6 Å². The van der Waals surface area contributed by atoms with Gasteiger partial charge in [0.05, 0.1) is 26.0 Å². The van der Waals surface area contributed by atoms with Gasteiger partial charge in [-0.05, 0) is 68.4 Å². The maximum absolute atomic E-state index is 12.8. The number of nitrogens with zero attached hydrogens (tertiary/aromatic N) is 3. The summed E-state index contributed by atoms with van der Waals surface area (Å²) in [6, 6.07) is 19.0. The highest BCUT2D eigenvalue weighted by atomic mass is 16.5. The number of benzene rings is 3. The summed E-state index contributed by atoms with van der Waals surface area (Å²) in [7, 11) is 8.75. The maximum Gasteiger partial charge on any atom is 0.337 e. The van der Waals surface area contributed by atoms with E-state index in [4.69, 9.17) is 14.6 Å². The van der Waals surface area contributed by atoms with Gasteiger partial charge in [-0.15, -0.1) is 0 Å². The average Bonchev–Trinajstić information content (AvgIpc) is 3.11. The van der Waals surface area contributed by atoms with Crippen LogP contribution in [0.1, 0.15) is 34.0 Å². The molecule has 0 aliphatic carbocycles. The fourth-order valence-electron chi connectivity index (χ4n) is 4.70. The Kier molecular flexibility index (Phi) is 9.06. The molecule has 9 heteroatoms. The molecule has 0 aromatic heterocycles. The van der Waals surface area contributed by atoms with Gasteiger partial charge in [0.25, 0.3) is 5.91 Å². The van der Waals surface area contributed by atoms with E-state index in [1.807, 2.05) is 86.6 Å². The van der Waals surface area contributed by atoms with Crippen molar-refractivity contribution in [2.45, 2.75) is 19.4 Å². The van der Waals surface area contributed by atoms with Gasteiger partial charge in [-0.3, -0.25) is 4.79 Å². The van der Waals surface area contributed by atoms with E-state index in [9.17, 15) is 9.59 Å². The molecular weight excluding hydrogens is 506 g/mol. The van der Waals surface area contributed by atoms with Crippen molar-refractivity contribution in [1.29, 1.82) is 0 Å². The molecule has 0 saturated carbocycles. The van der Waals surface area contributed by atoms with Gasteiger partial charge < -0.3 is 25.0 Å². The molecule has 0 spiro atoms. The summed E-state index contributed by atoms with van der Waals surface area (Å²) in [6.07, 6.45) is 0.595. The molecule has 3 amide bonds. The molecule has 0 saturated heterocycles. The van der Waals surface area contributed by atoms with Crippen molar-refractivity contribution in [2.24, 2.45) is 5.10 Å². The molecule has 0 fully saturated rings. The zero-order valence-corrected chi connectivity index (χ0v) is 23.9. The van der Waals surface area contributed by atoms with E-state index in [2.05, 4.69) is 10.6 Å². The van der Waals surface area contributed by atoms with Crippen molar-refractivity contribution in [3.05, 3.63) is 82.9 Å². The number of nitrogens with one attached hydrogen (secondary N) is 2. The Balaban J connectivity index is 1.70. The molecule has 4 rings (SSSR count). The number of fused-ring (bicyclic) bond motifs is 1. The summed E-state index contributed by atoms with van der Waals surface area (Å²) in [4.78, 5) is 27.4. The number of hydrazone groups is 1. The SMILES string of the molecule is CNC(=O)N1N=C(c2ccc(-c3cccc(C(=O)NCCN(C)C)c3)cc2)c2cc(OC)c(OC)cc2CC1C. The summed E-state index contributed by atoms with van der Waals surface area (Å²) in [5.41, 5.74) is 5.89. The van der Waals surface area contributed by atoms with Crippen molar-refractivity contribution in [2.75, 3.05) is 48.5 Å². The maximum atomic E-state index is 12.8. The van der Waals surface area contributed by atoms with E-state index >= 15 is 0 Å². The molecule has 40 heavy (non-hydrogen) atoms. The van der Waals surface area contributed by atoms with Crippen LogP contribution < -0.4 is 20.1 Å². The first-order valence-electron chi connectivity index (χ1n) is 13.2. The molecule has 1 aliphatic rings. The molecule has 0 radical (unpaired) electrons. The van der Waals surface area contributed by atoms with Crippen LogP contribution in [0.3, 0.4) is 0 Å². The van der Waals surface area contributed by atoms with Gasteiger partial charge in [0, 0.05) is 36.8 Å². The van der Waals surface area contributed by atoms with E-state index in [0.717, 1.165) is 34.4 Å². The highest BCUT2D eigenvalue weighted by Crippen LogP contribution is 2.35. The van der Waals surface area contributed by atoms with Gasteiger partial charge in [-0.1, -0.05) is 36.4 Å². The second kappa shape index (κ2) is 12.7. The number of methoxy groups -OCH3 is 2. The van der Waals surface area contributed by atoms with Crippen LogP contribution in [0.15, 0.2) is 65.8 Å². The first-order valence-corrected chi connectivity index (χ1v) is 13.2. The van der Waals surface area contributed by atoms with Crippen molar-refractivity contribution in [3.63, 3.8) is 0 Å². The van der Waals surface area contributed by atoms with Crippen LogP contribution >= 0.6 is 0 Å². The third-order valence-corrected chi connectivity index (χ3v) is 6.89. The smallest absolute Gasteiger partial charge is 0.337 e. The summed E-state index contributed by atoms with van der Waals surface area (Å²) in [6.45, 7) is 3.32. The monoisotopic (exact) mass is 543 g/mol. The molecule has 2 N–H and O–H groups in total. The van der Waals surface area contributed by atoms with Crippen molar-refractivity contribution >= 4 is 17.6 Å².